The molecule has 37 heavy (non-hydrogen) atoms. The summed E-state index contributed by atoms with van der Waals surface area (Å²) in [5.41, 5.74) is 1.44. The Morgan fingerprint density at radius 1 is 1.11 bits per heavy atom. The summed E-state index contributed by atoms with van der Waals surface area (Å²) < 4.78 is 48.2. The predicted molar refractivity (Wildman–Crippen MR) is 150 cm³/mol. The first kappa shape index (κ1) is 28.2. The number of aromatic hydroxyl groups is 1. The van der Waals surface area contributed by atoms with E-state index in [2.05, 4.69) is 63.4 Å². The number of piperazine rings is 1. The van der Waals surface area contributed by atoms with Crippen molar-refractivity contribution in [2.75, 3.05) is 43.4 Å². The van der Waals surface area contributed by atoms with Gasteiger partial charge >= 0.3 is 0 Å². The Labute approximate surface area is 229 Å². The van der Waals surface area contributed by atoms with Crippen LogP contribution < -0.4 is 10.6 Å². The SMILES string of the molecule is CCN1CCN(S(=O)(=O)c2scc(Nc3n[s+]([O-])nc3N[C@@H](c3cc(C(C)C)cs3)C(C)C)c2O)CC1. The van der Waals surface area contributed by atoms with Crippen LogP contribution in [0.1, 0.15) is 57.0 Å². The van der Waals surface area contributed by atoms with Gasteiger partial charge in [-0.05, 0) is 35.4 Å². The first-order chi connectivity index (χ1) is 17.5. The molecule has 0 aliphatic carbocycles. The molecule has 1 fully saturated rings. The molecule has 0 bridgehead atoms. The molecule has 14 heteroatoms. The average Bonchev–Trinajstić information content (AvgIpc) is 3.57. The van der Waals surface area contributed by atoms with Gasteiger partial charge in [-0.2, -0.15) is 4.31 Å². The molecule has 1 saturated heterocycles. The fraction of sp³-hybridized carbons (Fsp3) is 0.565. The van der Waals surface area contributed by atoms with Gasteiger partial charge in [0.15, 0.2) is 21.1 Å². The smallest absolute Gasteiger partial charge is 0.256 e. The lowest BCUT2D eigenvalue weighted by Crippen LogP contribution is -2.48. The molecule has 4 heterocycles. The minimum atomic E-state index is -3.84. The molecule has 1 aliphatic rings. The fourth-order valence-electron chi connectivity index (χ4n) is 4.12. The summed E-state index contributed by atoms with van der Waals surface area (Å²) in [5, 5.41) is 20.8. The van der Waals surface area contributed by atoms with E-state index in [1.807, 2.05) is 6.92 Å². The van der Waals surface area contributed by atoms with Crippen molar-refractivity contribution in [3.05, 3.63) is 27.3 Å². The standard InChI is InChI=1S/C23H34N6O4S4/c1-6-28-7-9-29(10-8-28)37(32,33)23-20(30)17(13-35-23)24-21-22(27-36(31)26-21)25-19(15(4)5)18-11-16(12-34-18)14(2)3/h11-15,19,30H,6-10H2,1-5H3,(H,24,26)(H,25,27)/t19-,36?/m1/s1. The van der Waals surface area contributed by atoms with Crippen LogP contribution in [0.5, 0.6) is 5.75 Å². The summed E-state index contributed by atoms with van der Waals surface area (Å²) in [5.74, 6) is 0.745. The third kappa shape index (κ3) is 6.10. The number of anilines is 3. The summed E-state index contributed by atoms with van der Waals surface area (Å²) in [7, 11) is -3.84. The van der Waals surface area contributed by atoms with Crippen molar-refractivity contribution in [1.29, 1.82) is 0 Å². The minimum absolute atomic E-state index is 0.0906. The van der Waals surface area contributed by atoms with Gasteiger partial charge in [-0.25, -0.2) is 8.42 Å². The number of aromatic nitrogens is 2. The van der Waals surface area contributed by atoms with E-state index in [1.54, 1.807) is 11.3 Å². The van der Waals surface area contributed by atoms with Crippen LogP contribution in [-0.2, 0) is 10.0 Å². The molecule has 4 rings (SSSR count). The van der Waals surface area contributed by atoms with Crippen molar-refractivity contribution >= 4 is 61.2 Å². The lowest BCUT2D eigenvalue weighted by Gasteiger charge is -2.32. The van der Waals surface area contributed by atoms with Crippen LogP contribution in [0.15, 0.2) is 21.0 Å². The van der Waals surface area contributed by atoms with Crippen molar-refractivity contribution < 1.29 is 18.1 Å². The largest absolute Gasteiger partial charge is 0.546 e. The third-order valence-electron chi connectivity index (χ3n) is 6.47. The van der Waals surface area contributed by atoms with Gasteiger partial charge in [-0.15, -0.1) is 22.7 Å². The average molecular weight is 587 g/mol. The first-order valence-corrected chi connectivity index (χ1v) is 16.5. The molecule has 0 amide bonds. The van der Waals surface area contributed by atoms with Crippen molar-refractivity contribution in [3.63, 3.8) is 0 Å². The Bertz CT molecular complexity index is 1310. The molecule has 0 radical (unpaired) electrons. The second kappa shape index (κ2) is 11.5. The number of rotatable bonds is 10. The van der Waals surface area contributed by atoms with Crippen molar-refractivity contribution in [1.82, 2.24) is 18.0 Å². The second-order valence-electron chi connectivity index (χ2n) is 9.66. The van der Waals surface area contributed by atoms with Gasteiger partial charge in [-0.1, -0.05) is 34.6 Å². The van der Waals surface area contributed by atoms with Crippen LogP contribution in [0.2, 0.25) is 0 Å². The topological polar surface area (TPSA) is 134 Å². The van der Waals surface area contributed by atoms with Crippen LogP contribution in [0, 0.1) is 5.92 Å². The number of sulfonamides is 1. The molecule has 0 aromatic carbocycles. The lowest BCUT2D eigenvalue weighted by atomic mass is 10.00. The Hall–Kier alpha value is -1.81. The van der Waals surface area contributed by atoms with Crippen molar-refractivity contribution in [3.8, 4) is 5.75 Å². The van der Waals surface area contributed by atoms with Gasteiger partial charge in [-0.3, -0.25) is 0 Å². The van der Waals surface area contributed by atoms with E-state index in [4.69, 9.17) is 0 Å². The van der Waals surface area contributed by atoms with Gasteiger partial charge in [0, 0.05) is 45.2 Å². The summed E-state index contributed by atoms with van der Waals surface area (Å²) in [6.45, 7) is 13.5. The van der Waals surface area contributed by atoms with Crippen LogP contribution in [0.25, 0.3) is 0 Å². The summed E-state index contributed by atoms with van der Waals surface area (Å²) in [4.78, 5) is 3.32. The molecule has 0 saturated carbocycles. The number of hydrogen-bond acceptors (Lipinski definition) is 11. The molecular formula is C23H34N6O4S4. The summed E-state index contributed by atoms with van der Waals surface area (Å²) in [6, 6.07) is 2.08. The molecule has 3 aromatic rings. The van der Waals surface area contributed by atoms with E-state index in [1.165, 1.54) is 15.2 Å². The number of nitrogens with zero attached hydrogens (tertiary/aromatic N) is 4. The highest BCUT2D eigenvalue weighted by atomic mass is 32.2. The number of nitrogens with one attached hydrogen (secondary N) is 2. The molecule has 3 N–H and O–H groups in total. The van der Waals surface area contributed by atoms with E-state index >= 15 is 0 Å². The minimum Gasteiger partial charge on any atom is -0.546 e. The van der Waals surface area contributed by atoms with E-state index in [0.717, 1.165) is 22.8 Å². The molecule has 204 valence electrons. The molecular weight excluding hydrogens is 553 g/mol. The van der Waals surface area contributed by atoms with Crippen LogP contribution in [0.3, 0.4) is 0 Å². The Balaban J connectivity index is 1.55. The van der Waals surface area contributed by atoms with Crippen LogP contribution in [0.4, 0.5) is 17.3 Å². The van der Waals surface area contributed by atoms with E-state index in [-0.39, 0.29) is 33.4 Å². The van der Waals surface area contributed by atoms with E-state index in [9.17, 15) is 18.1 Å². The Kier molecular flexibility index (Phi) is 8.78. The van der Waals surface area contributed by atoms with Gasteiger partial charge in [0.1, 0.15) is 0 Å². The van der Waals surface area contributed by atoms with Crippen LogP contribution in [-0.4, -0.2) is 68.8 Å². The summed E-state index contributed by atoms with van der Waals surface area (Å²) >= 11 is 0.780. The van der Waals surface area contributed by atoms with Crippen molar-refractivity contribution in [2.45, 2.75) is 50.8 Å². The maximum atomic E-state index is 13.2. The Morgan fingerprint density at radius 2 is 1.78 bits per heavy atom. The van der Waals surface area contributed by atoms with Gasteiger partial charge < -0.3 is 25.2 Å². The zero-order valence-corrected chi connectivity index (χ0v) is 24.9. The zero-order valence-electron chi connectivity index (χ0n) is 21.6. The number of thiophene rings is 2. The van der Waals surface area contributed by atoms with Gasteiger partial charge in [0.05, 0.1) is 11.7 Å². The predicted octanol–water partition coefficient (Wildman–Crippen LogP) is 5.04. The normalized spacial score (nSPS) is 17.0. The molecule has 2 atom stereocenters. The highest BCUT2D eigenvalue weighted by Gasteiger charge is 2.33. The van der Waals surface area contributed by atoms with Crippen molar-refractivity contribution in [2.24, 2.45) is 5.92 Å². The highest BCUT2D eigenvalue weighted by molar-refractivity contribution is 7.91. The molecule has 10 nitrogen and oxygen atoms in total. The second-order valence-corrected chi connectivity index (χ2v) is 14.4. The number of likely N-dealkylation sites (N-methyl/N-ethyl adjacent to an activating group) is 1. The molecule has 3 aromatic heterocycles. The van der Waals surface area contributed by atoms with E-state index in [0.29, 0.717) is 37.9 Å². The molecule has 1 aliphatic heterocycles. The fourth-order valence-corrected chi connectivity index (χ4v) is 8.84. The first-order valence-electron chi connectivity index (χ1n) is 12.3. The third-order valence-corrected chi connectivity index (χ3v) is 11.6. The lowest BCUT2D eigenvalue weighted by molar-refractivity contribution is 0.196. The quantitative estimate of drug-likeness (QED) is 0.280. The highest BCUT2D eigenvalue weighted by Crippen LogP contribution is 2.42. The molecule has 1 unspecified atom stereocenters. The van der Waals surface area contributed by atoms with E-state index < -0.39 is 21.2 Å². The van der Waals surface area contributed by atoms with Gasteiger partial charge in [0.2, 0.25) is 11.6 Å². The maximum Gasteiger partial charge on any atom is 0.256 e. The van der Waals surface area contributed by atoms with Crippen LogP contribution >= 0.6 is 33.8 Å². The van der Waals surface area contributed by atoms with Gasteiger partial charge in [0.25, 0.3) is 10.0 Å². The zero-order chi connectivity index (χ0) is 26.9. The summed E-state index contributed by atoms with van der Waals surface area (Å²) in [6.07, 6.45) is 0. The number of hydrogen-bond donors (Lipinski definition) is 3. The Morgan fingerprint density at radius 3 is 2.38 bits per heavy atom. The molecule has 0 spiro atoms. The monoisotopic (exact) mass is 586 g/mol. The maximum absolute atomic E-state index is 13.2.